The summed E-state index contributed by atoms with van der Waals surface area (Å²) in [6.07, 6.45) is 0.696. The lowest BCUT2D eigenvalue weighted by Crippen LogP contribution is -2.40. The van der Waals surface area contributed by atoms with Gasteiger partial charge in [-0.05, 0) is 43.5 Å². The predicted octanol–water partition coefficient (Wildman–Crippen LogP) is 4.87. The van der Waals surface area contributed by atoms with Crippen molar-refractivity contribution in [2.24, 2.45) is 4.99 Å². The van der Waals surface area contributed by atoms with E-state index in [-0.39, 0.29) is 17.8 Å². The molecule has 166 valence electrons. The first-order chi connectivity index (χ1) is 15.5. The van der Waals surface area contributed by atoms with Crippen molar-refractivity contribution in [3.63, 3.8) is 0 Å². The van der Waals surface area contributed by atoms with Gasteiger partial charge in [-0.25, -0.2) is 9.79 Å². The third kappa shape index (κ3) is 4.30. The van der Waals surface area contributed by atoms with Crippen LogP contribution in [0.5, 0.6) is 5.75 Å². The second-order valence-electron chi connectivity index (χ2n) is 7.58. The summed E-state index contributed by atoms with van der Waals surface area (Å²) in [6.45, 7) is 6.43. The monoisotopic (exact) mass is 450 g/mol. The van der Waals surface area contributed by atoms with Gasteiger partial charge >= 0.3 is 5.97 Å². The fraction of sp³-hybridized carbons (Fsp3) is 0.320. The van der Waals surface area contributed by atoms with Gasteiger partial charge in [0.05, 0.1) is 29.2 Å². The molecule has 2 aromatic rings. The Balaban J connectivity index is 1.69. The summed E-state index contributed by atoms with van der Waals surface area (Å²) >= 11 is 1.46. The Kier molecular flexibility index (Phi) is 6.65. The van der Waals surface area contributed by atoms with Crippen LogP contribution in [0.1, 0.15) is 44.4 Å². The summed E-state index contributed by atoms with van der Waals surface area (Å²) in [6, 6.07) is 16.5. The molecule has 32 heavy (non-hydrogen) atoms. The Morgan fingerprint density at radius 1 is 1.09 bits per heavy atom. The molecule has 1 amide bonds. The molecule has 2 aliphatic heterocycles. The quantitative estimate of drug-likeness (QED) is 0.563. The van der Waals surface area contributed by atoms with Crippen LogP contribution in [-0.2, 0) is 20.9 Å². The highest BCUT2D eigenvalue weighted by molar-refractivity contribution is 8.15. The summed E-state index contributed by atoms with van der Waals surface area (Å²) in [5, 5.41) is 0.435. The molecule has 6 nitrogen and oxygen atoms in total. The van der Waals surface area contributed by atoms with E-state index in [1.165, 1.54) is 11.8 Å². The number of hydrogen-bond donors (Lipinski definition) is 0. The van der Waals surface area contributed by atoms with E-state index in [4.69, 9.17) is 9.47 Å². The van der Waals surface area contributed by atoms with Crippen LogP contribution in [0.4, 0.5) is 0 Å². The highest BCUT2D eigenvalue weighted by atomic mass is 32.2. The van der Waals surface area contributed by atoms with Crippen molar-refractivity contribution in [2.75, 3.05) is 6.61 Å². The number of benzene rings is 2. The lowest BCUT2D eigenvalue weighted by molar-refractivity contribution is -0.141. The zero-order chi connectivity index (χ0) is 22.7. The number of amidine groups is 1. The largest absolute Gasteiger partial charge is 0.494 e. The number of nitrogens with zero attached hydrogens (tertiary/aromatic N) is 2. The molecule has 0 aliphatic carbocycles. The minimum Gasteiger partial charge on any atom is -0.494 e. The standard InChI is InChI=1S/C25H26N2O4S/c1-4-20-23(28)27-22(18-11-13-19(14-12-18)30-5-2)21(16(3)26-25(27)32-20)24(29)31-15-17-9-7-6-8-10-17/h6-14,20,22H,4-5,15H2,1-3H3/t20-,22-/m1/s1. The van der Waals surface area contributed by atoms with E-state index in [0.717, 1.165) is 16.9 Å². The van der Waals surface area contributed by atoms with Crippen molar-refractivity contribution >= 4 is 28.8 Å². The molecular weight excluding hydrogens is 424 g/mol. The predicted molar refractivity (Wildman–Crippen MR) is 125 cm³/mol. The van der Waals surface area contributed by atoms with Crippen molar-refractivity contribution < 1.29 is 19.1 Å². The van der Waals surface area contributed by atoms with E-state index in [9.17, 15) is 9.59 Å². The molecule has 2 aliphatic rings. The van der Waals surface area contributed by atoms with Crippen LogP contribution in [0.3, 0.4) is 0 Å². The van der Waals surface area contributed by atoms with Gasteiger partial charge in [0.2, 0.25) is 5.91 Å². The highest BCUT2D eigenvalue weighted by Crippen LogP contribution is 2.44. The zero-order valence-corrected chi connectivity index (χ0v) is 19.2. The lowest BCUT2D eigenvalue weighted by Gasteiger charge is -2.33. The fourth-order valence-electron chi connectivity index (χ4n) is 3.88. The number of thioether (sulfide) groups is 1. The smallest absolute Gasteiger partial charge is 0.338 e. The number of amides is 1. The second-order valence-corrected chi connectivity index (χ2v) is 8.75. The average molecular weight is 451 g/mol. The number of allylic oxidation sites excluding steroid dienone is 1. The van der Waals surface area contributed by atoms with Crippen LogP contribution >= 0.6 is 11.8 Å². The molecular formula is C25H26N2O4S. The Labute approximate surface area is 192 Å². The minimum absolute atomic E-state index is 0.0315. The first kappa shape index (κ1) is 22.1. The van der Waals surface area contributed by atoms with E-state index >= 15 is 0 Å². The van der Waals surface area contributed by atoms with E-state index in [1.807, 2.05) is 68.4 Å². The molecule has 0 aromatic heterocycles. The average Bonchev–Trinajstić information content (AvgIpc) is 3.13. The molecule has 2 atom stereocenters. The van der Waals surface area contributed by atoms with E-state index in [1.54, 1.807) is 11.8 Å². The van der Waals surface area contributed by atoms with Gasteiger partial charge in [0.1, 0.15) is 12.4 Å². The van der Waals surface area contributed by atoms with Gasteiger partial charge in [-0.2, -0.15) is 0 Å². The van der Waals surface area contributed by atoms with Crippen LogP contribution in [0.15, 0.2) is 70.9 Å². The number of carbonyl (C=O) groups is 2. The zero-order valence-electron chi connectivity index (χ0n) is 18.4. The number of rotatable bonds is 7. The summed E-state index contributed by atoms with van der Waals surface area (Å²) in [5.41, 5.74) is 2.68. The van der Waals surface area contributed by atoms with E-state index in [2.05, 4.69) is 4.99 Å². The van der Waals surface area contributed by atoms with Crippen molar-refractivity contribution in [2.45, 2.75) is 45.1 Å². The first-order valence-corrected chi connectivity index (χ1v) is 11.6. The summed E-state index contributed by atoms with van der Waals surface area (Å²) < 4.78 is 11.2. The number of hydrogen-bond acceptors (Lipinski definition) is 6. The summed E-state index contributed by atoms with van der Waals surface area (Å²) in [5.74, 6) is 0.241. The Morgan fingerprint density at radius 2 is 1.81 bits per heavy atom. The molecule has 0 spiro atoms. The van der Waals surface area contributed by atoms with E-state index in [0.29, 0.717) is 29.5 Å². The number of carbonyl (C=O) groups excluding carboxylic acids is 2. The molecule has 4 rings (SSSR count). The van der Waals surface area contributed by atoms with Gasteiger partial charge in [-0.15, -0.1) is 0 Å². The fourth-order valence-corrected chi connectivity index (χ4v) is 5.01. The molecule has 7 heteroatoms. The number of ether oxygens (including phenoxy) is 2. The third-order valence-electron chi connectivity index (χ3n) is 5.46. The van der Waals surface area contributed by atoms with Crippen molar-refractivity contribution in [3.05, 3.63) is 77.0 Å². The van der Waals surface area contributed by atoms with Crippen LogP contribution in [0.25, 0.3) is 0 Å². The van der Waals surface area contributed by atoms with Crippen molar-refractivity contribution in [3.8, 4) is 5.75 Å². The highest BCUT2D eigenvalue weighted by Gasteiger charge is 2.47. The maximum absolute atomic E-state index is 13.3. The molecule has 0 unspecified atom stereocenters. The lowest BCUT2D eigenvalue weighted by atomic mass is 9.94. The van der Waals surface area contributed by atoms with Gasteiger partial charge in [0.15, 0.2) is 5.17 Å². The van der Waals surface area contributed by atoms with Gasteiger partial charge in [0.25, 0.3) is 0 Å². The topological polar surface area (TPSA) is 68.2 Å². The van der Waals surface area contributed by atoms with E-state index < -0.39 is 12.0 Å². The van der Waals surface area contributed by atoms with Crippen LogP contribution in [-0.4, -0.2) is 33.8 Å². The van der Waals surface area contributed by atoms with Gasteiger partial charge < -0.3 is 9.47 Å². The summed E-state index contributed by atoms with van der Waals surface area (Å²) in [4.78, 5) is 32.7. The Hall–Kier alpha value is -3.06. The molecule has 2 aromatic carbocycles. The normalized spacial score (nSPS) is 20.2. The minimum atomic E-state index is -0.585. The van der Waals surface area contributed by atoms with Gasteiger partial charge in [-0.1, -0.05) is 61.2 Å². The number of fused-ring (bicyclic) bond motifs is 1. The van der Waals surface area contributed by atoms with Crippen LogP contribution in [0.2, 0.25) is 0 Å². The molecule has 0 saturated carbocycles. The second kappa shape index (κ2) is 9.61. The van der Waals surface area contributed by atoms with Gasteiger partial charge in [0, 0.05) is 0 Å². The molecule has 1 saturated heterocycles. The van der Waals surface area contributed by atoms with Crippen molar-refractivity contribution in [1.82, 2.24) is 4.90 Å². The molecule has 1 fully saturated rings. The summed E-state index contributed by atoms with van der Waals surface area (Å²) in [7, 11) is 0. The first-order valence-electron chi connectivity index (χ1n) is 10.8. The Morgan fingerprint density at radius 3 is 2.47 bits per heavy atom. The molecule has 0 N–H and O–H groups in total. The number of esters is 1. The van der Waals surface area contributed by atoms with Gasteiger partial charge in [-0.3, -0.25) is 9.69 Å². The van der Waals surface area contributed by atoms with Crippen LogP contribution < -0.4 is 4.74 Å². The number of aliphatic imine (C=N–C) groups is 1. The maximum Gasteiger partial charge on any atom is 0.338 e. The van der Waals surface area contributed by atoms with Crippen molar-refractivity contribution in [1.29, 1.82) is 0 Å². The maximum atomic E-state index is 13.3. The SMILES string of the molecule is CCOc1ccc([C@@H]2C(C(=O)OCc3ccccc3)=C(C)N=C3S[C@H](CC)C(=O)N32)cc1. The third-order valence-corrected chi connectivity index (χ3v) is 6.78. The molecule has 0 bridgehead atoms. The van der Waals surface area contributed by atoms with Crippen LogP contribution in [0, 0.1) is 0 Å². The molecule has 2 heterocycles. The Bertz CT molecular complexity index is 1060. The molecule has 0 radical (unpaired) electrons.